The van der Waals surface area contributed by atoms with Gasteiger partial charge in [0.25, 0.3) is 17.5 Å². The minimum absolute atomic E-state index is 0.00323. The second kappa shape index (κ2) is 9.13. The van der Waals surface area contributed by atoms with Crippen molar-refractivity contribution in [2.24, 2.45) is 0 Å². The van der Waals surface area contributed by atoms with Crippen LogP contribution in [0.2, 0.25) is 0 Å². The number of hydrogen-bond donors (Lipinski definition) is 2. The summed E-state index contributed by atoms with van der Waals surface area (Å²) in [6, 6.07) is 7.40. The van der Waals surface area contributed by atoms with Gasteiger partial charge in [-0.2, -0.15) is 0 Å². The molecular weight excluding hydrogens is 358 g/mol. The third-order valence-electron chi connectivity index (χ3n) is 3.44. The molecule has 1 aromatic carbocycles. The fourth-order valence-electron chi connectivity index (χ4n) is 2.13. The molecule has 10 heteroatoms. The van der Waals surface area contributed by atoms with E-state index in [9.17, 15) is 24.5 Å². The number of furan rings is 1. The maximum atomic E-state index is 11.9. The number of esters is 1. The maximum absolute atomic E-state index is 11.9. The van der Waals surface area contributed by atoms with Gasteiger partial charge in [-0.25, -0.2) is 0 Å². The molecule has 0 aliphatic carbocycles. The molecule has 2 aromatic rings. The molecule has 1 heterocycles. The zero-order chi connectivity index (χ0) is 19.8. The normalized spacial score (nSPS) is 10.1. The summed E-state index contributed by atoms with van der Waals surface area (Å²) in [4.78, 5) is 45.5. The van der Waals surface area contributed by atoms with Crippen LogP contribution in [-0.4, -0.2) is 35.9 Å². The van der Waals surface area contributed by atoms with Crippen LogP contribution in [-0.2, 0) is 14.3 Å². The number of nitrogens with one attached hydrogen (secondary N) is 2. The SMILES string of the molecule is Cc1cccc([N+](=O)[O-])c1NC(=O)COC(=O)CCNC(=O)c1ccco1. The number of nitro benzene ring substituents is 1. The number of benzene rings is 1. The smallest absolute Gasteiger partial charge is 0.308 e. The van der Waals surface area contributed by atoms with Gasteiger partial charge >= 0.3 is 5.97 Å². The number of nitro groups is 1. The Morgan fingerprint density at radius 1 is 1.22 bits per heavy atom. The Labute approximate surface area is 153 Å². The van der Waals surface area contributed by atoms with Gasteiger partial charge in [0.2, 0.25) is 0 Å². The molecule has 2 N–H and O–H groups in total. The van der Waals surface area contributed by atoms with E-state index >= 15 is 0 Å². The lowest BCUT2D eigenvalue weighted by Crippen LogP contribution is -2.27. The van der Waals surface area contributed by atoms with Crippen LogP contribution in [0.1, 0.15) is 22.5 Å². The lowest BCUT2D eigenvalue weighted by atomic mass is 10.1. The third kappa shape index (κ3) is 5.66. The summed E-state index contributed by atoms with van der Waals surface area (Å²) in [5.74, 6) is -1.77. The average Bonchev–Trinajstić information content (AvgIpc) is 3.16. The number of hydrogen-bond acceptors (Lipinski definition) is 7. The first kappa shape index (κ1) is 19.6. The quantitative estimate of drug-likeness (QED) is 0.407. The second-order valence-corrected chi connectivity index (χ2v) is 5.42. The van der Waals surface area contributed by atoms with E-state index in [-0.39, 0.29) is 30.1 Å². The van der Waals surface area contributed by atoms with Gasteiger partial charge in [-0.1, -0.05) is 12.1 Å². The molecule has 0 saturated carbocycles. The number of rotatable bonds is 8. The molecule has 142 valence electrons. The van der Waals surface area contributed by atoms with Crippen molar-refractivity contribution >= 4 is 29.2 Å². The number of aryl methyl sites for hydroxylation is 1. The van der Waals surface area contributed by atoms with Crippen molar-refractivity contribution in [2.45, 2.75) is 13.3 Å². The molecule has 2 rings (SSSR count). The van der Waals surface area contributed by atoms with Crippen molar-refractivity contribution in [3.05, 3.63) is 58.0 Å². The Hall–Kier alpha value is -3.69. The highest BCUT2D eigenvalue weighted by molar-refractivity contribution is 5.95. The molecule has 0 unspecified atom stereocenters. The Balaban J connectivity index is 1.76. The number of carbonyl (C=O) groups excluding carboxylic acids is 3. The van der Waals surface area contributed by atoms with Gasteiger partial charge in [0.15, 0.2) is 12.4 Å². The average molecular weight is 375 g/mol. The molecule has 27 heavy (non-hydrogen) atoms. The van der Waals surface area contributed by atoms with E-state index in [1.807, 2.05) is 0 Å². The molecule has 0 aliphatic rings. The van der Waals surface area contributed by atoms with Crippen molar-refractivity contribution in [1.29, 1.82) is 0 Å². The lowest BCUT2D eigenvalue weighted by molar-refractivity contribution is -0.384. The van der Waals surface area contributed by atoms with E-state index in [0.29, 0.717) is 5.56 Å². The highest BCUT2D eigenvalue weighted by Gasteiger charge is 2.18. The van der Waals surface area contributed by atoms with Crippen molar-refractivity contribution < 1.29 is 28.5 Å². The topological polar surface area (TPSA) is 141 Å². The van der Waals surface area contributed by atoms with Crippen LogP contribution in [0.5, 0.6) is 0 Å². The predicted octanol–water partition coefficient (Wildman–Crippen LogP) is 1.80. The van der Waals surface area contributed by atoms with Gasteiger partial charge in [-0.15, -0.1) is 0 Å². The first-order chi connectivity index (χ1) is 12.9. The highest BCUT2D eigenvalue weighted by Crippen LogP contribution is 2.27. The summed E-state index contributed by atoms with van der Waals surface area (Å²) in [7, 11) is 0. The fourth-order valence-corrected chi connectivity index (χ4v) is 2.13. The van der Waals surface area contributed by atoms with E-state index in [1.54, 1.807) is 19.1 Å². The molecule has 0 bridgehead atoms. The molecule has 0 atom stereocenters. The number of anilines is 1. The summed E-state index contributed by atoms with van der Waals surface area (Å²) >= 11 is 0. The first-order valence-corrected chi connectivity index (χ1v) is 7.89. The van der Waals surface area contributed by atoms with Gasteiger partial charge in [-0.3, -0.25) is 24.5 Å². The molecular formula is C17H17N3O7. The molecule has 0 saturated heterocycles. The summed E-state index contributed by atoms with van der Waals surface area (Å²) < 4.78 is 9.69. The van der Waals surface area contributed by atoms with Gasteiger partial charge < -0.3 is 19.8 Å². The standard InChI is InChI=1S/C17H17N3O7/c1-11-4-2-5-12(20(24)25)16(11)19-14(21)10-27-15(22)7-8-18-17(23)13-6-3-9-26-13/h2-6,9H,7-8,10H2,1H3,(H,18,23)(H,19,21). The fraction of sp³-hybridized carbons (Fsp3) is 0.235. The summed E-state index contributed by atoms with van der Waals surface area (Å²) in [6.45, 7) is 1.01. The predicted molar refractivity (Wildman–Crippen MR) is 93.1 cm³/mol. The lowest BCUT2D eigenvalue weighted by Gasteiger charge is -2.09. The van der Waals surface area contributed by atoms with E-state index in [1.165, 1.54) is 24.5 Å². The van der Waals surface area contributed by atoms with Crippen molar-refractivity contribution in [3.63, 3.8) is 0 Å². The number of amides is 2. The van der Waals surface area contributed by atoms with Crippen molar-refractivity contribution in [2.75, 3.05) is 18.5 Å². The van der Waals surface area contributed by atoms with E-state index in [2.05, 4.69) is 10.6 Å². The van der Waals surface area contributed by atoms with E-state index in [0.717, 1.165) is 0 Å². The van der Waals surface area contributed by atoms with Crippen molar-refractivity contribution in [1.82, 2.24) is 5.32 Å². The Morgan fingerprint density at radius 3 is 2.67 bits per heavy atom. The molecule has 0 fully saturated rings. The van der Waals surface area contributed by atoms with Crippen molar-refractivity contribution in [3.8, 4) is 0 Å². The van der Waals surface area contributed by atoms with Crippen LogP contribution in [0.4, 0.5) is 11.4 Å². The van der Waals surface area contributed by atoms with Crippen LogP contribution in [0.15, 0.2) is 41.0 Å². The molecule has 1 aromatic heterocycles. The van der Waals surface area contributed by atoms with Gasteiger partial charge in [0, 0.05) is 12.6 Å². The number of para-hydroxylation sites is 1. The molecule has 10 nitrogen and oxygen atoms in total. The first-order valence-electron chi connectivity index (χ1n) is 7.89. The molecule has 0 radical (unpaired) electrons. The van der Waals surface area contributed by atoms with Gasteiger partial charge in [-0.05, 0) is 24.6 Å². The Kier molecular flexibility index (Phi) is 6.64. The Morgan fingerprint density at radius 2 is 2.00 bits per heavy atom. The third-order valence-corrected chi connectivity index (χ3v) is 3.44. The van der Waals surface area contributed by atoms with E-state index in [4.69, 9.17) is 9.15 Å². The van der Waals surface area contributed by atoms with Crippen LogP contribution in [0, 0.1) is 17.0 Å². The summed E-state index contributed by atoms with van der Waals surface area (Å²) in [5, 5.41) is 15.8. The number of ether oxygens (including phenoxy) is 1. The van der Waals surface area contributed by atoms with Crippen LogP contribution < -0.4 is 10.6 Å². The number of nitrogens with zero attached hydrogens (tertiary/aromatic N) is 1. The largest absolute Gasteiger partial charge is 0.459 e. The minimum atomic E-state index is -0.708. The molecule has 2 amide bonds. The van der Waals surface area contributed by atoms with Crippen LogP contribution in [0.25, 0.3) is 0 Å². The van der Waals surface area contributed by atoms with Gasteiger partial charge in [0.1, 0.15) is 5.69 Å². The zero-order valence-electron chi connectivity index (χ0n) is 14.4. The molecule has 0 spiro atoms. The molecule has 0 aliphatic heterocycles. The summed E-state index contributed by atoms with van der Waals surface area (Å²) in [6.07, 6.45) is 1.20. The highest BCUT2D eigenvalue weighted by atomic mass is 16.6. The zero-order valence-corrected chi connectivity index (χ0v) is 14.4. The minimum Gasteiger partial charge on any atom is -0.459 e. The number of carbonyl (C=O) groups is 3. The maximum Gasteiger partial charge on any atom is 0.308 e. The van der Waals surface area contributed by atoms with E-state index < -0.39 is 29.3 Å². The second-order valence-electron chi connectivity index (χ2n) is 5.42. The van der Waals surface area contributed by atoms with Crippen LogP contribution in [0.3, 0.4) is 0 Å². The van der Waals surface area contributed by atoms with Gasteiger partial charge in [0.05, 0.1) is 17.6 Å². The monoisotopic (exact) mass is 375 g/mol. The van der Waals surface area contributed by atoms with Crippen LogP contribution >= 0.6 is 0 Å². The Bertz CT molecular complexity index is 846. The summed E-state index contributed by atoms with van der Waals surface area (Å²) in [5.41, 5.74) is 0.300.